The molecule has 0 bridgehead atoms. The second-order valence-electron chi connectivity index (χ2n) is 3.32. The van der Waals surface area contributed by atoms with Crippen molar-refractivity contribution in [3.05, 3.63) is 35.7 Å². The standard InChI is InChI=1S/C10H12N4O/c1-8-2-4-9(5-3-8)14-10(6-7-15)11-12-13-14/h2-5,15H,6-7H2,1H3. The summed E-state index contributed by atoms with van der Waals surface area (Å²) in [5.74, 6) is 0.668. The second-order valence-corrected chi connectivity index (χ2v) is 3.32. The van der Waals surface area contributed by atoms with Crippen LogP contribution in [0.2, 0.25) is 0 Å². The van der Waals surface area contributed by atoms with Gasteiger partial charge in [-0.05, 0) is 29.5 Å². The maximum Gasteiger partial charge on any atom is 0.158 e. The number of hydrogen-bond donors (Lipinski definition) is 1. The van der Waals surface area contributed by atoms with E-state index < -0.39 is 0 Å². The van der Waals surface area contributed by atoms with Crippen LogP contribution in [-0.2, 0) is 6.42 Å². The molecule has 0 amide bonds. The van der Waals surface area contributed by atoms with Gasteiger partial charge in [0.2, 0.25) is 0 Å². The first kappa shape index (κ1) is 9.79. The van der Waals surface area contributed by atoms with Crippen molar-refractivity contribution in [2.75, 3.05) is 6.61 Å². The molecule has 0 aliphatic rings. The SMILES string of the molecule is Cc1ccc(-n2nnnc2CCO)cc1. The van der Waals surface area contributed by atoms with Gasteiger partial charge in [-0.2, -0.15) is 4.68 Å². The summed E-state index contributed by atoms with van der Waals surface area (Å²) in [7, 11) is 0. The van der Waals surface area contributed by atoms with Gasteiger partial charge in [0.25, 0.3) is 0 Å². The zero-order valence-electron chi connectivity index (χ0n) is 8.46. The van der Waals surface area contributed by atoms with Gasteiger partial charge < -0.3 is 5.11 Å². The highest BCUT2D eigenvalue weighted by molar-refractivity contribution is 5.33. The smallest absolute Gasteiger partial charge is 0.158 e. The molecule has 2 aromatic rings. The quantitative estimate of drug-likeness (QED) is 0.791. The fourth-order valence-corrected chi connectivity index (χ4v) is 1.35. The van der Waals surface area contributed by atoms with Crippen LogP contribution in [0.1, 0.15) is 11.4 Å². The summed E-state index contributed by atoms with van der Waals surface area (Å²) in [5, 5.41) is 20.2. The molecule has 0 saturated carbocycles. The Morgan fingerprint density at radius 2 is 2.00 bits per heavy atom. The van der Waals surface area contributed by atoms with E-state index in [1.54, 1.807) is 4.68 Å². The predicted octanol–water partition coefficient (Wildman–Crippen LogP) is 0.506. The van der Waals surface area contributed by atoms with E-state index in [-0.39, 0.29) is 6.61 Å². The van der Waals surface area contributed by atoms with Crippen molar-refractivity contribution in [3.63, 3.8) is 0 Å². The molecule has 1 aromatic heterocycles. The van der Waals surface area contributed by atoms with E-state index in [0.717, 1.165) is 5.69 Å². The Hall–Kier alpha value is -1.75. The molecule has 0 atom stereocenters. The molecule has 0 fully saturated rings. The largest absolute Gasteiger partial charge is 0.396 e. The molecule has 0 unspecified atom stereocenters. The Morgan fingerprint density at radius 3 is 2.67 bits per heavy atom. The maximum atomic E-state index is 8.84. The predicted molar refractivity (Wildman–Crippen MR) is 54.7 cm³/mol. The summed E-state index contributed by atoms with van der Waals surface area (Å²) in [6, 6.07) is 7.90. The van der Waals surface area contributed by atoms with E-state index in [1.165, 1.54) is 5.56 Å². The highest BCUT2D eigenvalue weighted by Crippen LogP contribution is 2.09. The van der Waals surface area contributed by atoms with Crippen LogP contribution in [0.15, 0.2) is 24.3 Å². The van der Waals surface area contributed by atoms with Crippen molar-refractivity contribution >= 4 is 0 Å². The number of rotatable bonds is 3. The summed E-state index contributed by atoms with van der Waals surface area (Å²) in [6.07, 6.45) is 0.459. The minimum Gasteiger partial charge on any atom is -0.396 e. The van der Waals surface area contributed by atoms with Crippen molar-refractivity contribution in [2.24, 2.45) is 0 Å². The lowest BCUT2D eigenvalue weighted by atomic mass is 10.2. The van der Waals surface area contributed by atoms with Crippen LogP contribution >= 0.6 is 0 Å². The first-order valence-corrected chi connectivity index (χ1v) is 4.76. The molecular weight excluding hydrogens is 192 g/mol. The zero-order chi connectivity index (χ0) is 10.7. The molecule has 2 rings (SSSR count). The van der Waals surface area contributed by atoms with Crippen molar-refractivity contribution in [3.8, 4) is 5.69 Å². The van der Waals surface area contributed by atoms with Gasteiger partial charge in [0.15, 0.2) is 5.82 Å². The van der Waals surface area contributed by atoms with E-state index in [0.29, 0.717) is 12.2 Å². The molecule has 1 heterocycles. The van der Waals surface area contributed by atoms with Crippen LogP contribution in [0.3, 0.4) is 0 Å². The zero-order valence-corrected chi connectivity index (χ0v) is 8.46. The van der Waals surface area contributed by atoms with Gasteiger partial charge in [-0.1, -0.05) is 17.7 Å². The van der Waals surface area contributed by atoms with E-state index in [1.807, 2.05) is 31.2 Å². The highest BCUT2D eigenvalue weighted by Gasteiger charge is 2.06. The molecule has 78 valence electrons. The summed E-state index contributed by atoms with van der Waals surface area (Å²) < 4.78 is 1.63. The van der Waals surface area contributed by atoms with E-state index in [9.17, 15) is 0 Å². The Balaban J connectivity index is 2.36. The number of aliphatic hydroxyl groups excluding tert-OH is 1. The van der Waals surface area contributed by atoms with Gasteiger partial charge in [0, 0.05) is 6.42 Å². The highest BCUT2D eigenvalue weighted by atomic mass is 16.3. The Bertz CT molecular complexity index is 435. The first-order chi connectivity index (χ1) is 7.31. The molecule has 0 radical (unpaired) electrons. The van der Waals surface area contributed by atoms with E-state index in [2.05, 4.69) is 15.5 Å². The molecule has 15 heavy (non-hydrogen) atoms. The van der Waals surface area contributed by atoms with Crippen LogP contribution in [0, 0.1) is 6.92 Å². The van der Waals surface area contributed by atoms with Gasteiger partial charge in [-0.25, -0.2) is 0 Å². The van der Waals surface area contributed by atoms with Gasteiger partial charge in [-0.3, -0.25) is 0 Å². The van der Waals surface area contributed by atoms with Crippen molar-refractivity contribution in [1.82, 2.24) is 20.2 Å². The van der Waals surface area contributed by atoms with Crippen LogP contribution in [0.5, 0.6) is 0 Å². The average Bonchev–Trinajstić information content (AvgIpc) is 2.68. The number of tetrazole rings is 1. The van der Waals surface area contributed by atoms with Crippen molar-refractivity contribution in [2.45, 2.75) is 13.3 Å². The molecule has 1 aromatic carbocycles. The number of aromatic nitrogens is 4. The summed E-state index contributed by atoms with van der Waals surface area (Å²) in [5.41, 5.74) is 2.10. The second kappa shape index (κ2) is 4.18. The normalized spacial score (nSPS) is 10.5. The summed E-state index contributed by atoms with van der Waals surface area (Å²) in [6.45, 7) is 2.07. The molecule has 5 heteroatoms. The number of benzene rings is 1. The third-order valence-corrected chi connectivity index (χ3v) is 2.15. The first-order valence-electron chi connectivity index (χ1n) is 4.76. The van der Waals surface area contributed by atoms with E-state index >= 15 is 0 Å². The fourth-order valence-electron chi connectivity index (χ4n) is 1.35. The van der Waals surface area contributed by atoms with Crippen LogP contribution in [-0.4, -0.2) is 31.9 Å². The molecule has 0 aliphatic carbocycles. The monoisotopic (exact) mass is 204 g/mol. The number of nitrogens with zero attached hydrogens (tertiary/aromatic N) is 4. The Morgan fingerprint density at radius 1 is 1.27 bits per heavy atom. The van der Waals surface area contributed by atoms with Crippen LogP contribution in [0.25, 0.3) is 5.69 Å². The van der Waals surface area contributed by atoms with Crippen LogP contribution in [0.4, 0.5) is 0 Å². The third-order valence-electron chi connectivity index (χ3n) is 2.15. The lowest BCUT2D eigenvalue weighted by molar-refractivity contribution is 0.295. The Labute approximate surface area is 87.4 Å². The number of hydrogen-bond acceptors (Lipinski definition) is 4. The minimum absolute atomic E-state index is 0.0479. The van der Waals surface area contributed by atoms with Crippen molar-refractivity contribution < 1.29 is 5.11 Å². The van der Waals surface area contributed by atoms with Gasteiger partial charge in [0.05, 0.1) is 12.3 Å². The van der Waals surface area contributed by atoms with Gasteiger partial charge in [-0.15, -0.1) is 5.10 Å². The summed E-state index contributed by atoms with van der Waals surface area (Å²) in [4.78, 5) is 0. The molecule has 0 spiro atoms. The van der Waals surface area contributed by atoms with Gasteiger partial charge >= 0.3 is 0 Å². The minimum atomic E-state index is 0.0479. The molecule has 5 nitrogen and oxygen atoms in total. The summed E-state index contributed by atoms with van der Waals surface area (Å²) >= 11 is 0. The topological polar surface area (TPSA) is 63.8 Å². The lowest BCUT2D eigenvalue weighted by Crippen LogP contribution is -2.05. The average molecular weight is 204 g/mol. The third kappa shape index (κ3) is 2.02. The fraction of sp³-hybridized carbons (Fsp3) is 0.300. The number of aliphatic hydroxyl groups is 1. The van der Waals surface area contributed by atoms with E-state index in [4.69, 9.17) is 5.11 Å². The molecule has 0 aliphatic heterocycles. The maximum absolute atomic E-state index is 8.84. The molecule has 0 saturated heterocycles. The van der Waals surface area contributed by atoms with Crippen molar-refractivity contribution in [1.29, 1.82) is 0 Å². The Kier molecular flexibility index (Phi) is 2.73. The van der Waals surface area contributed by atoms with Gasteiger partial charge in [0.1, 0.15) is 0 Å². The van der Waals surface area contributed by atoms with Crippen LogP contribution < -0.4 is 0 Å². The number of aryl methyl sites for hydroxylation is 1. The molecule has 1 N–H and O–H groups in total. The lowest BCUT2D eigenvalue weighted by Gasteiger charge is -2.03. The molecular formula is C10H12N4O.